The number of anilines is 3. The highest BCUT2D eigenvalue weighted by atomic mass is 19.4. The van der Waals surface area contributed by atoms with Crippen LogP contribution in [-0.4, -0.2) is 85.0 Å². The van der Waals surface area contributed by atoms with Crippen molar-refractivity contribution in [1.82, 2.24) is 14.8 Å². The molecule has 1 aromatic carbocycles. The van der Waals surface area contributed by atoms with Crippen LogP contribution < -0.4 is 15.0 Å². The molecule has 4 aliphatic heterocycles. The van der Waals surface area contributed by atoms with E-state index in [1.807, 2.05) is 26.8 Å². The molecule has 3 fully saturated rings. The highest BCUT2D eigenvalue weighted by Crippen LogP contribution is 2.47. The number of likely N-dealkylation sites (tertiary alicyclic amines) is 2. The fourth-order valence-corrected chi connectivity index (χ4v) is 6.00. The highest BCUT2D eigenvalue weighted by Gasteiger charge is 2.42. The summed E-state index contributed by atoms with van der Waals surface area (Å²) in [6, 6.07) is 5.04. The molecule has 1 aromatic heterocycles. The van der Waals surface area contributed by atoms with Gasteiger partial charge in [0.1, 0.15) is 18.0 Å². The molecule has 41 heavy (non-hydrogen) atoms. The van der Waals surface area contributed by atoms with Gasteiger partial charge in [0.05, 0.1) is 30.0 Å². The largest absolute Gasteiger partial charge is 0.486 e. The number of morpholine rings is 1. The molecule has 0 radical (unpaired) electrons. The maximum absolute atomic E-state index is 14.3. The zero-order chi connectivity index (χ0) is 28.9. The van der Waals surface area contributed by atoms with Crippen LogP contribution in [0.15, 0.2) is 24.4 Å². The summed E-state index contributed by atoms with van der Waals surface area (Å²) in [4.78, 5) is 23.0. The summed E-state index contributed by atoms with van der Waals surface area (Å²) in [5.74, 6) is 0.239. The Kier molecular flexibility index (Phi) is 7.17. The zero-order valence-corrected chi connectivity index (χ0v) is 23.6. The summed E-state index contributed by atoms with van der Waals surface area (Å²) >= 11 is 0. The zero-order valence-electron chi connectivity index (χ0n) is 23.6. The van der Waals surface area contributed by atoms with Gasteiger partial charge in [-0.1, -0.05) is 0 Å². The van der Waals surface area contributed by atoms with Crippen molar-refractivity contribution < 1.29 is 32.2 Å². The van der Waals surface area contributed by atoms with Crippen molar-refractivity contribution in [2.24, 2.45) is 0 Å². The van der Waals surface area contributed by atoms with E-state index in [0.717, 1.165) is 17.7 Å². The summed E-state index contributed by atoms with van der Waals surface area (Å²) in [6.07, 6.45) is -2.42. The Balaban J connectivity index is 1.20. The normalized spacial score (nSPS) is 21.8. The van der Waals surface area contributed by atoms with E-state index < -0.39 is 17.3 Å². The molecule has 0 spiro atoms. The number of alkyl halides is 3. The molecule has 0 aliphatic carbocycles. The van der Waals surface area contributed by atoms with Crippen molar-refractivity contribution in [2.45, 2.75) is 57.5 Å². The van der Waals surface area contributed by atoms with Crippen molar-refractivity contribution in [3.8, 4) is 5.75 Å². The number of carbonyl (C=O) groups is 1. The van der Waals surface area contributed by atoms with Crippen molar-refractivity contribution in [2.75, 3.05) is 62.7 Å². The molecule has 1 N–H and O–H groups in total. The molecule has 2 aromatic rings. The van der Waals surface area contributed by atoms with Gasteiger partial charge in [0.15, 0.2) is 5.75 Å². The molecule has 1 amide bonds. The molecule has 4 aliphatic rings. The van der Waals surface area contributed by atoms with Gasteiger partial charge in [-0.15, -0.1) is 0 Å². The number of pyridine rings is 1. The molecule has 1 atom stereocenters. The van der Waals surface area contributed by atoms with Gasteiger partial charge in [-0.2, -0.15) is 13.2 Å². The third kappa shape index (κ3) is 5.76. The number of ether oxygens (including phenoxy) is 3. The second-order valence-electron chi connectivity index (χ2n) is 12.1. The summed E-state index contributed by atoms with van der Waals surface area (Å²) in [5, 5.41) is 3.18. The van der Waals surface area contributed by atoms with Gasteiger partial charge >= 0.3 is 12.3 Å². The smallest absolute Gasteiger partial charge is 0.420 e. The first-order valence-electron chi connectivity index (χ1n) is 14.1. The number of benzene rings is 1. The number of amides is 1. The predicted octanol–water partition coefficient (Wildman–Crippen LogP) is 4.98. The maximum Gasteiger partial charge on any atom is 0.420 e. The number of hydrogen-bond acceptors (Lipinski definition) is 8. The summed E-state index contributed by atoms with van der Waals surface area (Å²) in [6.45, 7) is 10.5. The van der Waals surface area contributed by atoms with Gasteiger partial charge in [0.2, 0.25) is 0 Å². The minimum absolute atomic E-state index is 0.0225. The second-order valence-corrected chi connectivity index (χ2v) is 12.1. The first kappa shape index (κ1) is 27.9. The fraction of sp³-hybridized carbons (Fsp3) is 0.586. The van der Waals surface area contributed by atoms with Crippen LogP contribution in [0.4, 0.5) is 35.2 Å². The van der Waals surface area contributed by atoms with Crippen LogP contribution in [0.2, 0.25) is 0 Å². The first-order valence-corrected chi connectivity index (χ1v) is 14.1. The van der Waals surface area contributed by atoms with E-state index in [9.17, 15) is 18.0 Å². The number of hydrogen-bond donors (Lipinski definition) is 1. The van der Waals surface area contributed by atoms with Gasteiger partial charge in [-0.25, -0.2) is 9.78 Å². The van der Waals surface area contributed by atoms with Crippen LogP contribution in [0.25, 0.3) is 0 Å². The van der Waals surface area contributed by atoms with Crippen molar-refractivity contribution in [1.29, 1.82) is 0 Å². The Hall–Kier alpha value is -3.25. The van der Waals surface area contributed by atoms with Crippen LogP contribution in [-0.2, 0) is 22.3 Å². The van der Waals surface area contributed by atoms with E-state index in [1.165, 1.54) is 6.07 Å². The Bertz CT molecular complexity index is 1300. The lowest BCUT2D eigenvalue weighted by molar-refractivity contribution is -0.139. The van der Waals surface area contributed by atoms with E-state index in [-0.39, 0.29) is 36.1 Å². The standard InChI is InChI=1S/C29H36F3N5O4/c1-28(2,3)41-27(38)36-7-5-20(16-36)37-14-19(15-37)18-12-22(29(30,31)32)25-23(13-18)34-26-21(17-40-25)24(4-6-33-26)35-8-10-39-11-9-35/h4,6,12-13,19-20H,5,7-11,14-17H2,1-3H3,(H,33,34)/t20-/m0/s1. The summed E-state index contributed by atoms with van der Waals surface area (Å²) in [5.41, 5.74) is 1.16. The van der Waals surface area contributed by atoms with Crippen LogP contribution >= 0.6 is 0 Å². The fourth-order valence-electron chi connectivity index (χ4n) is 6.00. The molecular formula is C29H36F3N5O4. The average molecular weight is 576 g/mol. The highest BCUT2D eigenvalue weighted by molar-refractivity contribution is 5.75. The first-order chi connectivity index (χ1) is 19.5. The maximum atomic E-state index is 14.3. The number of aromatic nitrogens is 1. The number of carbonyl (C=O) groups excluding carboxylic acids is 1. The van der Waals surface area contributed by atoms with E-state index in [4.69, 9.17) is 14.2 Å². The summed E-state index contributed by atoms with van der Waals surface area (Å²) in [7, 11) is 0. The average Bonchev–Trinajstić information content (AvgIpc) is 3.28. The van der Waals surface area contributed by atoms with Gasteiger partial charge in [-0.3, -0.25) is 4.90 Å². The Morgan fingerprint density at radius 1 is 1.10 bits per heavy atom. The molecular weight excluding hydrogens is 539 g/mol. The monoisotopic (exact) mass is 575 g/mol. The lowest BCUT2D eigenvalue weighted by atomic mass is 9.88. The topological polar surface area (TPSA) is 79.4 Å². The van der Waals surface area contributed by atoms with E-state index in [2.05, 4.69) is 20.1 Å². The summed E-state index contributed by atoms with van der Waals surface area (Å²) < 4.78 is 59.8. The second kappa shape index (κ2) is 10.5. The van der Waals surface area contributed by atoms with Crippen LogP contribution in [0, 0.1) is 0 Å². The molecule has 0 unspecified atom stereocenters. The van der Waals surface area contributed by atoms with Crippen LogP contribution in [0.5, 0.6) is 5.75 Å². The Labute approximate surface area is 237 Å². The lowest BCUT2D eigenvalue weighted by Crippen LogP contribution is -2.52. The number of nitrogens with one attached hydrogen (secondary N) is 1. The Morgan fingerprint density at radius 2 is 1.85 bits per heavy atom. The molecule has 5 heterocycles. The van der Waals surface area contributed by atoms with Crippen molar-refractivity contribution in [3.05, 3.63) is 41.1 Å². The number of fused-ring (bicyclic) bond motifs is 2. The lowest BCUT2D eigenvalue weighted by Gasteiger charge is -2.43. The van der Waals surface area contributed by atoms with Gasteiger partial charge in [0.25, 0.3) is 0 Å². The molecule has 9 nitrogen and oxygen atoms in total. The molecule has 6 rings (SSSR count). The van der Waals surface area contributed by atoms with E-state index in [0.29, 0.717) is 63.9 Å². The van der Waals surface area contributed by atoms with Gasteiger partial charge in [0, 0.05) is 63.1 Å². The number of rotatable bonds is 3. The van der Waals surface area contributed by atoms with Gasteiger partial charge in [-0.05, 0) is 51.0 Å². The third-order valence-corrected chi connectivity index (χ3v) is 8.13. The molecule has 222 valence electrons. The van der Waals surface area contributed by atoms with Crippen LogP contribution in [0.3, 0.4) is 0 Å². The minimum Gasteiger partial charge on any atom is -0.486 e. The number of halogens is 3. The molecule has 0 bridgehead atoms. The third-order valence-electron chi connectivity index (χ3n) is 8.13. The number of nitrogens with zero attached hydrogens (tertiary/aromatic N) is 4. The van der Waals surface area contributed by atoms with E-state index in [1.54, 1.807) is 17.2 Å². The Morgan fingerprint density at radius 3 is 2.56 bits per heavy atom. The van der Waals surface area contributed by atoms with Crippen LogP contribution in [0.1, 0.15) is 49.8 Å². The van der Waals surface area contributed by atoms with Crippen molar-refractivity contribution in [3.63, 3.8) is 0 Å². The van der Waals surface area contributed by atoms with Crippen molar-refractivity contribution >= 4 is 23.3 Å². The predicted molar refractivity (Wildman–Crippen MR) is 147 cm³/mol. The van der Waals surface area contributed by atoms with E-state index >= 15 is 0 Å². The molecule has 3 saturated heterocycles. The quantitative estimate of drug-likeness (QED) is 0.549. The molecule has 0 saturated carbocycles. The van der Waals surface area contributed by atoms with Gasteiger partial charge < -0.3 is 29.3 Å². The minimum atomic E-state index is -4.58. The molecule has 12 heteroatoms. The SMILES string of the molecule is CC(C)(C)OC(=O)N1CC[C@H](N2CC(c3cc4c(c(C(F)(F)F)c3)OCc3c(N5CCOCC5)ccnc3N4)C2)C1.